The van der Waals surface area contributed by atoms with Gasteiger partial charge >= 0.3 is 0 Å². The van der Waals surface area contributed by atoms with E-state index in [9.17, 15) is 9.59 Å². The minimum absolute atomic E-state index is 0.0356. The topological polar surface area (TPSA) is 59.3 Å². The van der Waals surface area contributed by atoms with Gasteiger partial charge in [0.1, 0.15) is 0 Å². The molecule has 27 heavy (non-hydrogen) atoms. The summed E-state index contributed by atoms with van der Waals surface area (Å²) in [7, 11) is 0. The van der Waals surface area contributed by atoms with Crippen molar-refractivity contribution < 1.29 is 14.0 Å². The molecule has 0 aliphatic rings. The first-order valence-electron chi connectivity index (χ1n) is 8.70. The number of carbonyl (C=O) groups excluding carboxylic acids is 2. The van der Waals surface area contributed by atoms with Crippen LogP contribution in [0.4, 0.5) is 0 Å². The van der Waals surface area contributed by atoms with E-state index in [4.69, 9.17) is 4.42 Å². The van der Waals surface area contributed by atoms with E-state index in [2.05, 4.69) is 31.3 Å². The molecule has 0 unspecified atom stereocenters. The van der Waals surface area contributed by atoms with Crippen LogP contribution in [0.5, 0.6) is 0 Å². The van der Waals surface area contributed by atoms with E-state index < -0.39 is 0 Å². The molecule has 0 bridgehead atoms. The Kier molecular flexibility index (Phi) is 6.53. The first-order valence-corrected chi connectivity index (χ1v) is 10.4. The highest BCUT2D eigenvalue weighted by atomic mass is 32.2. The molecule has 2 heterocycles. The van der Waals surface area contributed by atoms with Crippen LogP contribution < -0.4 is 5.32 Å². The first-order chi connectivity index (χ1) is 13.0. The molecule has 0 spiro atoms. The van der Waals surface area contributed by atoms with Crippen molar-refractivity contribution in [1.82, 2.24) is 5.32 Å². The van der Waals surface area contributed by atoms with Gasteiger partial charge in [-0.2, -0.15) is 0 Å². The van der Waals surface area contributed by atoms with Crippen molar-refractivity contribution >= 4 is 34.8 Å². The maximum absolute atomic E-state index is 12.2. The minimum atomic E-state index is -0.137. The van der Waals surface area contributed by atoms with Gasteiger partial charge in [-0.1, -0.05) is 26.0 Å². The lowest BCUT2D eigenvalue weighted by atomic mass is 10.1. The summed E-state index contributed by atoms with van der Waals surface area (Å²) in [4.78, 5) is 27.2. The maximum Gasteiger partial charge on any atom is 0.238 e. The molecule has 6 heteroatoms. The Morgan fingerprint density at radius 2 is 1.89 bits per heavy atom. The van der Waals surface area contributed by atoms with Crippen LogP contribution in [-0.4, -0.2) is 16.9 Å². The third-order valence-corrected chi connectivity index (χ3v) is 5.85. The molecule has 1 amide bonds. The third kappa shape index (κ3) is 5.58. The molecular formula is C21H21NO3S2. The summed E-state index contributed by atoms with van der Waals surface area (Å²) in [6.45, 7) is 4.73. The van der Waals surface area contributed by atoms with Crippen LogP contribution in [0.25, 0.3) is 0 Å². The van der Waals surface area contributed by atoms with Crippen molar-refractivity contribution in [3.63, 3.8) is 0 Å². The van der Waals surface area contributed by atoms with Crippen molar-refractivity contribution in [1.29, 1.82) is 0 Å². The maximum atomic E-state index is 12.2. The lowest BCUT2D eigenvalue weighted by Crippen LogP contribution is -2.24. The highest BCUT2D eigenvalue weighted by Gasteiger charge is 2.14. The fourth-order valence-corrected chi connectivity index (χ4v) is 4.25. The number of hydrogen-bond acceptors (Lipinski definition) is 5. The number of furan rings is 1. The number of thioether (sulfide) groups is 1. The quantitative estimate of drug-likeness (QED) is 0.431. The number of nitrogens with one attached hydrogen (secondary N) is 1. The smallest absolute Gasteiger partial charge is 0.238 e. The van der Waals surface area contributed by atoms with Crippen molar-refractivity contribution in [2.75, 3.05) is 0 Å². The Morgan fingerprint density at radius 3 is 2.56 bits per heavy atom. The van der Waals surface area contributed by atoms with Gasteiger partial charge in [-0.05, 0) is 42.0 Å². The van der Waals surface area contributed by atoms with E-state index >= 15 is 0 Å². The molecule has 3 aromatic rings. The van der Waals surface area contributed by atoms with Crippen molar-refractivity contribution in [3.05, 3.63) is 75.9 Å². The molecule has 0 saturated carbocycles. The number of benzene rings is 1. The number of rotatable bonds is 8. The zero-order valence-electron chi connectivity index (χ0n) is 15.2. The highest BCUT2D eigenvalue weighted by Crippen LogP contribution is 2.23. The van der Waals surface area contributed by atoms with E-state index in [0.717, 1.165) is 10.4 Å². The average Bonchev–Trinajstić information content (AvgIpc) is 3.33. The van der Waals surface area contributed by atoms with Gasteiger partial charge in [-0.25, -0.2) is 0 Å². The lowest BCUT2D eigenvalue weighted by molar-refractivity contribution is -0.120. The summed E-state index contributed by atoms with van der Waals surface area (Å²) < 4.78 is 5.14. The number of thiophene rings is 1. The van der Waals surface area contributed by atoms with Crippen LogP contribution in [0.3, 0.4) is 0 Å². The normalized spacial score (nSPS) is 10.9. The van der Waals surface area contributed by atoms with Gasteiger partial charge in [-0.15, -0.1) is 23.1 Å². The van der Waals surface area contributed by atoms with Crippen molar-refractivity contribution in [3.8, 4) is 0 Å². The van der Waals surface area contributed by atoms with Gasteiger partial charge in [0.15, 0.2) is 5.76 Å². The Morgan fingerprint density at radius 1 is 1.11 bits per heavy atom. The zero-order chi connectivity index (χ0) is 19.2. The molecule has 0 aliphatic heterocycles. The fraction of sp³-hybridized carbons (Fsp3) is 0.238. The summed E-state index contributed by atoms with van der Waals surface area (Å²) in [5.74, 6) is 0.153. The second kappa shape index (κ2) is 9.06. The van der Waals surface area contributed by atoms with Crippen LogP contribution in [0, 0.1) is 0 Å². The number of ketones is 1. The Hall–Kier alpha value is -2.31. The first kappa shape index (κ1) is 19.5. The number of amides is 1. The number of hydrogen-bond donors (Lipinski definition) is 1. The van der Waals surface area contributed by atoms with Gasteiger partial charge in [0.05, 0.1) is 24.1 Å². The van der Waals surface area contributed by atoms with Crippen LogP contribution in [0.2, 0.25) is 0 Å². The SMILES string of the molecule is CC(C)Sc1ccc(CC(=O)NCc2ccc(C(=O)c3ccco3)s2)cc1. The van der Waals surface area contributed by atoms with Crippen molar-refractivity contribution in [2.45, 2.75) is 37.0 Å². The fourth-order valence-electron chi connectivity index (χ4n) is 2.52. The molecule has 2 aromatic heterocycles. The molecule has 1 aromatic carbocycles. The molecule has 1 N–H and O–H groups in total. The standard InChI is InChI=1S/C21H21NO3S2/c1-14(2)26-16-7-5-15(6-8-16)12-20(23)22-13-17-9-10-19(27-17)21(24)18-4-3-11-25-18/h3-11,14H,12-13H2,1-2H3,(H,22,23). The third-order valence-electron chi connectivity index (χ3n) is 3.75. The summed E-state index contributed by atoms with van der Waals surface area (Å²) in [5.41, 5.74) is 0.987. The van der Waals surface area contributed by atoms with Gasteiger partial charge in [0.2, 0.25) is 11.7 Å². The van der Waals surface area contributed by atoms with Crippen LogP contribution in [-0.2, 0) is 17.8 Å². The predicted molar refractivity (Wildman–Crippen MR) is 109 cm³/mol. The molecule has 0 radical (unpaired) electrons. The Balaban J connectivity index is 1.50. The van der Waals surface area contributed by atoms with E-state index in [-0.39, 0.29) is 11.7 Å². The molecule has 0 saturated heterocycles. The predicted octanol–water partition coefficient (Wildman–Crippen LogP) is 4.93. The van der Waals surface area contributed by atoms with Gasteiger partial charge < -0.3 is 9.73 Å². The van der Waals surface area contributed by atoms with E-state index in [1.165, 1.54) is 22.5 Å². The highest BCUT2D eigenvalue weighted by molar-refractivity contribution is 7.99. The summed E-state index contributed by atoms with van der Waals surface area (Å²) in [6, 6.07) is 15.1. The molecular weight excluding hydrogens is 378 g/mol. The molecule has 4 nitrogen and oxygen atoms in total. The molecule has 0 atom stereocenters. The van der Waals surface area contributed by atoms with E-state index in [0.29, 0.717) is 28.9 Å². The van der Waals surface area contributed by atoms with Crippen LogP contribution >= 0.6 is 23.1 Å². The summed E-state index contributed by atoms with van der Waals surface area (Å²) in [6.07, 6.45) is 1.83. The molecule has 140 valence electrons. The number of carbonyl (C=O) groups is 2. The summed E-state index contributed by atoms with van der Waals surface area (Å²) in [5, 5.41) is 3.45. The molecule has 3 rings (SSSR count). The molecule has 0 aliphatic carbocycles. The molecule has 0 fully saturated rings. The van der Waals surface area contributed by atoms with E-state index in [1.807, 2.05) is 18.2 Å². The van der Waals surface area contributed by atoms with Gasteiger partial charge in [-0.3, -0.25) is 9.59 Å². The van der Waals surface area contributed by atoms with Gasteiger partial charge in [0, 0.05) is 15.0 Å². The average molecular weight is 400 g/mol. The van der Waals surface area contributed by atoms with Crippen molar-refractivity contribution in [2.24, 2.45) is 0 Å². The zero-order valence-corrected chi connectivity index (χ0v) is 16.9. The second-order valence-corrected chi connectivity index (χ2v) is 9.15. The summed E-state index contributed by atoms with van der Waals surface area (Å²) >= 11 is 3.17. The van der Waals surface area contributed by atoms with E-state index in [1.54, 1.807) is 30.0 Å². The Labute approximate surface area is 167 Å². The van der Waals surface area contributed by atoms with Crippen LogP contribution in [0.1, 0.15) is 39.7 Å². The largest absolute Gasteiger partial charge is 0.461 e. The van der Waals surface area contributed by atoms with Gasteiger partial charge in [0.25, 0.3) is 0 Å². The minimum Gasteiger partial charge on any atom is -0.461 e. The lowest BCUT2D eigenvalue weighted by Gasteiger charge is -2.07. The van der Waals surface area contributed by atoms with Crippen LogP contribution in [0.15, 0.2) is 64.1 Å². The monoisotopic (exact) mass is 399 g/mol. The Bertz CT molecular complexity index is 896. The second-order valence-electron chi connectivity index (χ2n) is 6.34.